The smallest absolute Gasteiger partial charge is 0.223 e. The molecule has 106 valence electrons. The zero-order valence-corrected chi connectivity index (χ0v) is 12.7. The van der Waals surface area contributed by atoms with Crippen LogP contribution in [0.25, 0.3) is 10.2 Å². The summed E-state index contributed by atoms with van der Waals surface area (Å²) in [6, 6.07) is 6.36. The number of hydrogen-bond acceptors (Lipinski definition) is 6. The van der Waals surface area contributed by atoms with Gasteiger partial charge in [-0.2, -0.15) is 4.98 Å². The van der Waals surface area contributed by atoms with Crippen LogP contribution in [0, 0.1) is 0 Å². The van der Waals surface area contributed by atoms with Gasteiger partial charge in [-0.15, -0.1) is 11.3 Å². The Morgan fingerprint density at radius 2 is 2.24 bits per heavy atom. The molecule has 5 nitrogen and oxygen atoms in total. The number of benzene rings is 1. The molecule has 3 heterocycles. The quantitative estimate of drug-likeness (QED) is 0.736. The van der Waals surface area contributed by atoms with Crippen LogP contribution < -0.4 is 10.6 Å². The van der Waals surface area contributed by atoms with Gasteiger partial charge in [-0.25, -0.2) is 9.97 Å². The molecule has 4 rings (SSSR count). The van der Waals surface area contributed by atoms with Gasteiger partial charge in [-0.1, -0.05) is 17.7 Å². The molecular formula is C14H12ClN5S. The molecule has 0 amide bonds. The van der Waals surface area contributed by atoms with E-state index < -0.39 is 0 Å². The molecule has 1 aliphatic rings. The molecule has 0 aliphatic carbocycles. The van der Waals surface area contributed by atoms with Crippen LogP contribution in [0.4, 0.5) is 11.8 Å². The summed E-state index contributed by atoms with van der Waals surface area (Å²) in [7, 11) is 0. The topological polar surface area (TPSA) is 67.9 Å². The number of fused-ring (bicyclic) bond motifs is 2. The zero-order valence-electron chi connectivity index (χ0n) is 11.1. The van der Waals surface area contributed by atoms with E-state index in [1.807, 2.05) is 5.51 Å². The van der Waals surface area contributed by atoms with Gasteiger partial charge in [0, 0.05) is 18.7 Å². The van der Waals surface area contributed by atoms with Gasteiger partial charge in [-0.3, -0.25) is 0 Å². The fourth-order valence-electron chi connectivity index (χ4n) is 2.67. The van der Waals surface area contributed by atoms with Crippen LogP contribution in [0.3, 0.4) is 0 Å². The van der Waals surface area contributed by atoms with Gasteiger partial charge in [0.2, 0.25) is 5.95 Å². The lowest BCUT2D eigenvalue weighted by molar-refractivity contribution is 0.826. The van der Waals surface area contributed by atoms with Crippen molar-refractivity contribution in [1.82, 2.24) is 15.0 Å². The summed E-state index contributed by atoms with van der Waals surface area (Å²) in [4.78, 5) is 14.9. The summed E-state index contributed by atoms with van der Waals surface area (Å²) in [5.74, 6) is 1.08. The highest BCUT2D eigenvalue weighted by Crippen LogP contribution is 2.32. The summed E-state index contributed by atoms with van der Waals surface area (Å²) >= 11 is 7.79. The monoisotopic (exact) mass is 317 g/mol. The third-order valence-electron chi connectivity index (χ3n) is 3.65. The summed E-state index contributed by atoms with van der Waals surface area (Å²) in [5.41, 5.74) is 10.8. The van der Waals surface area contributed by atoms with E-state index in [0.29, 0.717) is 5.15 Å². The highest BCUT2D eigenvalue weighted by atomic mass is 35.5. The van der Waals surface area contributed by atoms with Gasteiger partial charge < -0.3 is 10.6 Å². The number of nitrogen functional groups attached to an aromatic ring is 1. The zero-order chi connectivity index (χ0) is 14.4. The van der Waals surface area contributed by atoms with Crippen molar-refractivity contribution in [1.29, 1.82) is 0 Å². The number of halogens is 1. The second-order valence-electron chi connectivity index (χ2n) is 5.00. The lowest BCUT2D eigenvalue weighted by Gasteiger charge is -2.18. The fourth-order valence-corrected chi connectivity index (χ4v) is 3.59. The van der Waals surface area contributed by atoms with E-state index in [0.717, 1.165) is 36.4 Å². The number of thiazole rings is 1. The van der Waals surface area contributed by atoms with Crippen LogP contribution in [-0.2, 0) is 13.0 Å². The van der Waals surface area contributed by atoms with Crippen molar-refractivity contribution in [2.75, 3.05) is 17.2 Å². The Balaban J connectivity index is 1.67. The Morgan fingerprint density at radius 1 is 1.33 bits per heavy atom. The second-order valence-corrected chi connectivity index (χ2v) is 6.25. The van der Waals surface area contributed by atoms with Crippen molar-refractivity contribution in [3.63, 3.8) is 0 Å². The van der Waals surface area contributed by atoms with E-state index >= 15 is 0 Å². The summed E-state index contributed by atoms with van der Waals surface area (Å²) in [5, 5.41) is 0.468. The first-order valence-electron chi connectivity index (χ1n) is 6.59. The van der Waals surface area contributed by atoms with Crippen LogP contribution in [0.2, 0.25) is 5.15 Å². The van der Waals surface area contributed by atoms with Crippen molar-refractivity contribution in [3.8, 4) is 0 Å². The van der Waals surface area contributed by atoms with Crippen molar-refractivity contribution in [3.05, 3.63) is 40.0 Å². The number of rotatable bonds is 2. The number of hydrogen-bond donors (Lipinski definition) is 1. The highest BCUT2D eigenvalue weighted by molar-refractivity contribution is 7.16. The third kappa shape index (κ3) is 2.20. The Bertz CT molecular complexity index is 831. The molecule has 3 aromatic rings. The molecule has 0 unspecified atom stereocenters. The molecule has 0 radical (unpaired) electrons. The van der Waals surface area contributed by atoms with Crippen LogP contribution in [0.5, 0.6) is 0 Å². The highest BCUT2D eigenvalue weighted by Gasteiger charge is 2.24. The lowest BCUT2D eigenvalue weighted by Crippen LogP contribution is -2.20. The molecular weight excluding hydrogens is 306 g/mol. The van der Waals surface area contributed by atoms with Crippen molar-refractivity contribution < 1.29 is 0 Å². The Morgan fingerprint density at radius 3 is 3.14 bits per heavy atom. The average Bonchev–Trinajstić information content (AvgIpc) is 3.06. The van der Waals surface area contributed by atoms with E-state index in [1.54, 1.807) is 11.3 Å². The summed E-state index contributed by atoms with van der Waals surface area (Å²) < 4.78 is 1.20. The molecule has 0 spiro atoms. The largest absolute Gasteiger partial charge is 0.368 e. The molecule has 7 heteroatoms. The standard InChI is InChI=1S/C14H12ClN5S/c15-12-9-3-4-20(13(9)19-14(16)18-12)6-8-1-2-11-10(5-8)17-7-21-11/h1-2,5,7H,3-4,6H2,(H2,16,18,19). The first-order valence-corrected chi connectivity index (χ1v) is 7.85. The molecule has 2 N–H and O–H groups in total. The molecule has 0 saturated carbocycles. The van der Waals surface area contributed by atoms with Gasteiger partial charge in [0.1, 0.15) is 11.0 Å². The molecule has 0 atom stereocenters. The maximum absolute atomic E-state index is 6.14. The second kappa shape index (κ2) is 4.82. The lowest BCUT2D eigenvalue weighted by atomic mass is 10.2. The maximum Gasteiger partial charge on any atom is 0.223 e. The van der Waals surface area contributed by atoms with Crippen LogP contribution in [0.1, 0.15) is 11.1 Å². The SMILES string of the molecule is Nc1nc(Cl)c2c(n1)N(Cc1ccc3scnc3c1)CC2. The average molecular weight is 318 g/mol. The number of nitrogens with zero attached hydrogens (tertiary/aromatic N) is 4. The minimum absolute atomic E-state index is 0.223. The van der Waals surface area contributed by atoms with Crippen LogP contribution >= 0.6 is 22.9 Å². The third-order valence-corrected chi connectivity index (χ3v) is 4.77. The minimum Gasteiger partial charge on any atom is -0.368 e. The molecule has 21 heavy (non-hydrogen) atoms. The fraction of sp³-hybridized carbons (Fsp3) is 0.214. The Kier molecular flexibility index (Phi) is 2.94. The van der Waals surface area contributed by atoms with Gasteiger partial charge in [0.15, 0.2) is 0 Å². The molecule has 0 fully saturated rings. The van der Waals surface area contributed by atoms with E-state index in [-0.39, 0.29) is 5.95 Å². The van der Waals surface area contributed by atoms with Crippen molar-refractivity contribution in [2.24, 2.45) is 0 Å². The van der Waals surface area contributed by atoms with Gasteiger partial charge in [-0.05, 0) is 24.1 Å². The first-order chi connectivity index (χ1) is 10.2. The molecule has 2 aromatic heterocycles. The van der Waals surface area contributed by atoms with E-state index in [4.69, 9.17) is 17.3 Å². The molecule has 0 bridgehead atoms. The van der Waals surface area contributed by atoms with Crippen molar-refractivity contribution >= 4 is 44.9 Å². The van der Waals surface area contributed by atoms with E-state index in [9.17, 15) is 0 Å². The normalized spacial score (nSPS) is 13.9. The Labute approximate surface area is 130 Å². The molecule has 1 aliphatic heterocycles. The van der Waals surface area contributed by atoms with Gasteiger partial charge >= 0.3 is 0 Å². The number of aromatic nitrogens is 3. The van der Waals surface area contributed by atoms with Gasteiger partial charge in [0.05, 0.1) is 15.7 Å². The minimum atomic E-state index is 0.223. The number of nitrogens with two attached hydrogens (primary N) is 1. The summed E-state index contributed by atoms with van der Waals surface area (Å²) in [6.07, 6.45) is 0.855. The Hall–Kier alpha value is -1.92. The van der Waals surface area contributed by atoms with E-state index in [1.165, 1.54) is 10.3 Å². The van der Waals surface area contributed by atoms with Gasteiger partial charge in [0.25, 0.3) is 0 Å². The predicted octanol–water partition coefficient (Wildman–Crippen LogP) is 2.88. The van der Waals surface area contributed by atoms with Crippen LogP contribution in [-0.4, -0.2) is 21.5 Å². The van der Waals surface area contributed by atoms with E-state index in [2.05, 4.69) is 38.1 Å². The predicted molar refractivity (Wildman–Crippen MR) is 85.8 cm³/mol. The first kappa shape index (κ1) is 12.8. The number of anilines is 2. The van der Waals surface area contributed by atoms with Crippen LogP contribution in [0.15, 0.2) is 23.7 Å². The molecule has 0 saturated heterocycles. The van der Waals surface area contributed by atoms with Crippen molar-refractivity contribution in [2.45, 2.75) is 13.0 Å². The summed E-state index contributed by atoms with van der Waals surface area (Å²) in [6.45, 7) is 1.65. The molecule has 1 aromatic carbocycles. The maximum atomic E-state index is 6.14.